The van der Waals surface area contributed by atoms with E-state index in [4.69, 9.17) is 9.47 Å². The molecule has 1 aromatic rings. The predicted octanol–water partition coefficient (Wildman–Crippen LogP) is 2.27. The van der Waals surface area contributed by atoms with Crippen LogP contribution in [0.1, 0.15) is 12.8 Å². The van der Waals surface area contributed by atoms with Gasteiger partial charge in [0.2, 0.25) is 0 Å². The van der Waals surface area contributed by atoms with E-state index in [0.717, 1.165) is 50.5 Å². The third-order valence-electron chi connectivity index (χ3n) is 3.96. The first-order chi connectivity index (χ1) is 11.1. The first-order valence-electron chi connectivity index (χ1n) is 8.05. The highest BCUT2D eigenvalue weighted by Crippen LogP contribution is 2.18. The molecule has 1 aliphatic rings. The molecule has 0 radical (unpaired) electrons. The molecule has 23 heavy (non-hydrogen) atoms. The van der Waals surface area contributed by atoms with Crippen molar-refractivity contribution in [1.82, 2.24) is 9.80 Å². The number of amides is 2. The molecule has 2 rings (SSSR count). The van der Waals surface area contributed by atoms with Crippen molar-refractivity contribution in [2.24, 2.45) is 0 Å². The molecule has 0 saturated carbocycles. The Balaban J connectivity index is 1.72. The molecule has 1 heterocycles. The number of nitrogens with zero attached hydrogens (tertiary/aromatic N) is 2. The van der Waals surface area contributed by atoms with Crippen molar-refractivity contribution < 1.29 is 14.3 Å². The van der Waals surface area contributed by atoms with Crippen LogP contribution in [0.15, 0.2) is 24.3 Å². The SMILES string of the molecule is COc1ccc(NC(=O)N2CCC(OCCN(C)C)CC2)cc1. The average Bonchev–Trinajstić information content (AvgIpc) is 2.56. The van der Waals surface area contributed by atoms with Gasteiger partial charge < -0.3 is 24.6 Å². The number of ether oxygens (including phenoxy) is 2. The zero-order valence-corrected chi connectivity index (χ0v) is 14.2. The molecule has 0 unspecified atom stereocenters. The van der Waals surface area contributed by atoms with Gasteiger partial charge in [0, 0.05) is 25.3 Å². The lowest BCUT2D eigenvalue weighted by Gasteiger charge is -2.32. The highest BCUT2D eigenvalue weighted by molar-refractivity contribution is 5.89. The van der Waals surface area contributed by atoms with Gasteiger partial charge in [-0.05, 0) is 51.2 Å². The number of likely N-dealkylation sites (tertiary alicyclic amines) is 1. The Labute approximate surface area is 138 Å². The lowest BCUT2D eigenvalue weighted by molar-refractivity contribution is 0.0101. The number of carbonyl (C=O) groups excluding carboxylic acids is 1. The van der Waals surface area contributed by atoms with Gasteiger partial charge in [0.15, 0.2) is 0 Å². The maximum absolute atomic E-state index is 12.3. The zero-order valence-electron chi connectivity index (χ0n) is 14.2. The van der Waals surface area contributed by atoms with Crippen LogP contribution in [0.25, 0.3) is 0 Å². The van der Waals surface area contributed by atoms with Crippen molar-refractivity contribution in [2.75, 3.05) is 52.8 Å². The minimum Gasteiger partial charge on any atom is -0.497 e. The van der Waals surface area contributed by atoms with Crippen LogP contribution in [0.4, 0.5) is 10.5 Å². The van der Waals surface area contributed by atoms with Crippen LogP contribution in [-0.4, -0.2) is 69.4 Å². The molecule has 1 aromatic carbocycles. The summed E-state index contributed by atoms with van der Waals surface area (Å²) in [5, 5.41) is 2.92. The standard InChI is InChI=1S/C17H27N3O3/c1-19(2)12-13-23-16-8-10-20(11-9-16)17(21)18-14-4-6-15(22-3)7-5-14/h4-7,16H,8-13H2,1-3H3,(H,18,21). The van der Waals surface area contributed by atoms with Gasteiger partial charge in [0.1, 0.15) is 5.75 Å². The molecule has 1 saturated heterocycles. The number of benzene rings is 1. The molecule has 2 amide bonds. The van der Waals surface area contributed by atoms with Gasteiger partial charge in [0.25, 0.3) is 0 Å². The number of rotatable bonds is 6. The van der Waals surface area contributed by atoms with Crippen LogP contribution in [-0.2, 0) is 4.74 Å². The van der Waals surface area contributed by atoms with Crippen molar-refractivity contribution in [3.63, 3.8) is 0 Å². The van der Waals surface area contributed by atoms with Crippen molar-refractivity contribution in [3.05, 3.63) is 24.3 Å². The number of carbonyl (C=O) groups is 1. The lowest BCUT2D eigenvalue weighted by Crippen LogP contribution is -2.43. The summed E-state index contributed by atoms with van der Waals surface area (Å²) in [6.45, 7) is 3.14. The lowest BCUT2D eigenvalue weighted by atomic mass is 10.1. The van der Waals surface area contributed by atoms with E-state index in [1.807, 2.05) is 43.3 Å². The van der Waals surface area contributed by atoms with Crippen molar-refractivity contribution in [2.45, 2.75) is 18.9 Å². The first kappa shape index (κ1) is 17.6. The number of likely N-dealkylation sites (N-methyl/N-ethyl adjacent to an activating group) is 1. The Morgan fingerprint density at radius 2 is 1.91 bits per heavy atom. The highest BCUT2D eigenvalue weighted by atomic mass is 16.5. The average molecular weight is 321 g/mol. The number of methoxy groups -OCH3 is 1. The van der Waals surface area contributed by atoms with Crippen molar-refractivity contribution in [1.29, 1.82) is 0 Å². The molecule has 6 heteroatoms. The number of urea groups is 1. The first-order valence-corrected chi connectivity index (χ1v) is 8.05. The largest absolute Gasteiger partial charge is 0.497 e. The minimum absolute atomic E-state index is 0.0538. The Hall–Kier alpha value is -1.79. The van der Waals surface area contributed by atoms with E-state index in [-0.39, 0.29) is 12.1 Å². The van der Waals surface area contributed by atoms with E-state index in [2.05, 4.69) is 10.2 Å². The molecule has 0 atom stereocenters. The van der Waals surface area contributed by atoms with Crippen LogP contribution in [0.2, 0.25) is 0 Å². The maximum atomic E-state index is 12.3. The third kappa shape index (κ3) is 5.73. The second kappa shape index (κ2) is 8.74. The molecule has 6 nitrogen and oxygen atoms in total. The zero-order chi connectivity index (χ0) is 16.7. The van der Waals surface area contributed by atoms with Crippen molar-refractivity contribution in [3.8, 4) is 5.75 Å². The summed E-state index contributed by atoms with van der Waals surface area (Å²) < 4.78 is 11.0. The summed E-state index contributed by atoms with van der Waals surface area (Å²) in [4.78, 5) is 16.2. The predicted molar refractivity (Wildman–Crippen MR) is 91.1 cm³/mol. The Morgan fingerprint density at radius 3 is 2.48 bits per heavy atom. The molecular formula is C17H27N3O3. The molecule has 0 aliphatic carbocycles. The van der Waals surface area contributed by atoms with Crippen molar-refractivity contribution >= 4 is 11.7 Å². The molecular weight excluding hydrogens is 294 g/mol. The summed E-state index contributed by atoms with van der Waals surface area (Å²) in [6, 6.07) is 7.30. The second-order valence-electron chi connectivity index (χ2n) is 6.02. The smallest absolute Gasteiger partial charge is 0.321 e. The van der Waals surface area contributed by atoms with Gasteiger partial charge in [-0.15, -0.1) is 0 Å². The molecule has 1 N–H and O–H groups in total. The topological polar surface area (TPSA) is 54.0 Å². The molecule has 1 fully saturated rings. The van der Waals surface area contributed by atoms with Crippen LogP contribution >= 0.6 is 0 Å². The minimum atomic E-state index is -0.0538. The molecule has 1 aliphatic heterocycles. The van der Waals surface area contributed by atoms with Crippen LogP contribution < -0.4 is 10.1 Å². The van der Waals surface area contributed by atoms with E-state index in [0.29, 0.717) is 0 Å². The molecule has 0 spiro atoms. The second-order valence-corrected chi connectivity index (χ2v) is 6.02. The number of nitrogens with one attached hydrogen (secondary N) is 1. The summed E-state index contributed by atoms with van der Waals surface area (Å²) in [5.41, 5.74) is 0.778. The molecule has 128 valence electrons. The van der Waals surface area contributed by atoms with E-state index in [1.54, 1.807) is 7.11 Å². The maximum Gasteiger partial charge on any atom is 0.321 e. The van der Waals surface area contributed by atoms with E-state index in [9.17, 15) is 4.79 Å². The molecule has 0 bridgehead atoms. The summed E-state index contributed by atoms with van der Waals surface area (Å²) in [5.74, 6) is 0.777. The fourth-order valence-electron chi connectivity index (χ4n) is 2.50. The van der Waals surface area contributed by atoms with Gasteiger partial charge in [-0.1, -0.05) is 0 Å². The van der Waals surface area contributed by atoms with Gasteiger partial charge in [0.05, 0.1) is 19.8 Å². The van der Waals surface area contributed by atoms with Gasteiger partial charge in [-0.2, -0.15) is 0 Å². The van der Waals surface area contributed by atoms with E-state index in [1.165, 1.54) is 0 Å². The van der Waals surface area contributed by atoms with Crippen LogP contribution in [0.5, 0.6) is 5.75 Å². The number of hydrogen-bond acceptors (Lipinski definition) is 4. The number of anilines is 1. The summed E-state index contributed by atoms with van der Waals surface area (Å²) >= 11 is 0. The Bertz CT molecular complexity index is 482. The van der Waals surface area contributed by atoms with Gasteiger partial charge >= 0.3 is 6.03 Å². The fraction of sp³-hybridized carbons (Fsp3) is 0.588. The molecule has 0 aromatic heterocycles. The summed E-state index contributed by atoms with van der Waals surface area (Å²) in [7, 11) is 5.70. The Kier molecular flexibility index (Phi) is 6.67. The fourth-order valence-corrected chi connectivity index (χ4v) is 2.50. The quantitative estimate of drug-likeness (QED) is 0.873. The summed E-state index contributed by atoms with van der Waals surface area (Å²) in [6.07, 6.45) is 2.05. The van der Waals surface area contributed by atoms with Crippen LogP contribution in [0, 0.1) is 0 Å². The van der Waals surface area contributed by atoms with E-state index >= 15 is 0 Å². The highest BCUT2D eigenvalue weighted by Gasteiger charge is 2.23. The third-order valence-corrected chi connectivity index (χ3v) is 3.96. The Morgan fingerprint density at radius 1 is 1.26 bits per heavy atom. The van der Waals surface area contributed by atoms with E-state index < -0.39 is 0 Å². The van der Waals surface area contributed by atoms with Gasteiger partial charge in [-0.25, -0.2) is 4.79 Å². The number of hydrogen-bond donors (Lipinski definition) is 1. The van der Waals surface area contributed by atoms with Crippen LogP contribution in [0.3, 0.4) is 0 Å². The van der Waals surface area contributed by atoms with Gasteiger partial charge in [-0.3, -0.25) is 0 Å². The normalized spacial score (nSPS) is 15.7. The number of piperidine rings is 1. The monoisotopic (exact) mass is 321 g/mol.